The van der Waals surface area contributed by atoms with E-state index in [9.17, 15) is 19.8 Å². The summed E-state index contributed by atoms with van der Waals surface area (Å²) >= 11 is 0. The number of carboxylic acid groups (broad SMARTS) is 1. The predicted octanol–water partition coefficient (Wildman–Crippen LogP) is 6.27. The highest BCUT2D eigenvalue weighted by Gasteiger charge is 2.71. The Hall–Kier alpha value is -1.16. The topological polar surface area (TPSA) is 74.6 Å². The van der Waals surface area contributed by atoms with E-state index < -0.39 is 22.9 Å². The monoisotopic (exact) mass is 470 g/mol. The molecule has 4 heteroatoms. The minimum Gasteiger partial charge on any atom is -0.481 e. The third-order valence-corrected chi connectivity index (χ3v) is 13.2. The fraction of sp³-hybridized carbons (Fsp3) is 0.867. The first kappa shape index (κ1) is 24.5. The van der Waals surface area contributed by atoms with Gasteiger partial charge in [-0.25, -0.2) is 0 Å². The molecule has 0 aromatic rings. The molecule has 0 saturated heterocycles. The van der Waals surface area contributed by atoms with E-state index in [0.717, 1.165) is 25.7 Å². The zero-order valence-electron chi connectivity index (χ0n) is 22.4. The molecule has 0 amide bonds. The molecule has 0 spiro atoms. The number of carbonyl (C=O) groups is 2. The van der Waals surface area contributed by atoms with Crippen LogP contribution in [0.4, 0.5) is 0 Å². The normalized spacial score (nSPS) is 56.9. The van der Waals surface area contributed by atoms with E-state index >= 15 is 0 Å². The van der Waals surface area contributed by atoms with Gasteiger partial charge in [0.1, 0.15) is 0 Å². The number of aliphatic hydroxyl groups excluding tert-OH is 1. The number of aliphatic hydroxyl groups is 1. The summed E-state index contributed by atoms with van der Waals surface area (Å²) in [5.41, 5.74) is -0.124. The third-order valence-electron chi connectivity index (χ3n) is 13.2. The molecule has 0 unspecified atom stereocenters. The Kier molecular flexibility index (Phi) is 5.20. The van der Waals surface area contributed by atoms with Crippen LogP contribution in [0, 0.1) is 56.7 Å². The van der Waals surface area contributed by atoms with Crippen molar-refractivity contribution in [2.75, 3.05) is 0 Å². The van der Waals surface area contributed by atoms with Crippen LogP contribution in [0.25, 0.3) is 0 Å². The molecule has 0 heterocycles. The van der Waals surface area contributed by atoms with Gasteiger partial charge in [-0.15, -0.1) is 0 Å². The SMILES string of the molecule is C[C@H]1[C@H](C)CC[C@]2(C)CC[C@]3(C)C(=CC(=O)[C@@H]4[C@@]5(C)CC[C@@H](O)[C@](C)(C(=O)O)[C@@H]5CC[C@]43C)[C@@H]12. The smallest absolute Gasteiger partial charge is 0.312 e. The molecule has 0 radical (unpaired) electrons. The number of allylic oxidation sites excluding steroid dienone is 2. The van der Waals surface area contributed by atoms with Crippen molar-refractivity contribution >= 4 is 11.8 Å². The molecular formula is C30H46O4. The number of carbonyl (C=O) groups excluding carboxylic acids is 1. The Balaban J connectivity index is 1.65. The first-order valence-corrected chi connectivity index (χ1v) is 13.8. The zero-order valence-corrected chi connectivity index (χ0v) is 22.4. The first-order chi connectivity index (χ1) is 15.7. The van der Waals surface area contributed by atoms with Gasteiger partial charge in [0.25, 0.3) is 0 Å². The minimum atomic E-state index is -1.20. The van der Waals surface area contributed by atoms with Crippen molar-refractivity contribution in [2.45, 2.75) is 106 Å². The van der Waals surface area contributed by atoms with Crippen LogP contribution in [0.15, 0.2) is 11.6 Å². The van der Waals surface area contributed by atoms with Gasteiger partial charge in [0.15, 0.2) is 5.78 Å². The standard InChI is InChI=1S/C30H46O4/c1-17-8-11-26(3)14-15-28(5)19(23(26)18(17)2)16-20(31)24-27(4)12-10-22(32)30(7,25(33)34)21(27)9-13-29(24,28)6/h16-18,21-24,32H,8-15H2,1-7H3,(H,33,34)/t17-,18+,21-,22-,23-,24-,26-,27+,28-,29-,30-/m1/s1. The van der Waals surface area contributed by atoms with E-state index in [0.29, 0.717) is 24.2 Å². The Labute approximate surface area is 206 Å². The number of rotatable bonds is 1. The molecule has 0 aromatic carbocycles. The minimum absolute atomic E-state index is 0.0370. The molecule has 4 fully saturated rings. The average Bonchev–Trinajstić information content (AvgIpc) is 2.75. The highest BCUT2D eigenvalue weighted by Crippen LogP contribution is 2.75. The van der Waals surface area contributed by atoms with Gasteiger partial charge < -0.3 is 10.2 Å². The van der Waals surface area contributed by atoms with Crippen LogP contribution in [0.1, 0.15) is 99.8 Å². The summed E-state index contributed by atoms with van der Waals surface area (Å²) < 4.78 is 0. The highest BCUT2D eigenvalue weighted by atomic mass is 16.4. The third kappa shape index (κ3) is 2.70. The molecule has 4 saturated carbocycles. The second-order valence-corrected chi connectivity index (χ2v) is 14.4. The van der Waals surface area contributed by atoms with Crippen LogP contribution in [-0.2, 0) is 9.59 Å². The molecule has 5 aliphatic carbocycles. The van der Waals surface area contributed by atoms with E-state index in [1.165, 1.54) is 24.8 Å². The van der Waals surface area contributed by atoms with Crippen LogP contribution < -0.4 is 0 Å². The number of aliphatic carboxylic acids is 1. The van der Waals surface area contributed by atoms with Crippen molar-refractivity contribution in [3.63, 3.8) is 0 Å². The molecule has 34 heavy (non-hydrogen) atoms. The summed E-state index contributed by atoms with van der Waals surface area (Å²) in [6.45, 7) is 16.0. The van der Waals surface area contributed by atoms with E-state index in [2.05, 4.69) is 47.6 Å². The summed E-state index contributed by atoms with van der Waals surface area (Å²) in [5, 5.41) is 21.1. The van der Waals surface area contributed by atoms with Crippen molar-refractivity contribution in [1.82, 2.24) is 0 Å². The molecule has 0 aromatic heterocycles. The summed E-state index contributed by atoms with van der Waals surface area (Å²) in [7, 11) is 0. The number of carboxylic acids is 1. The molecule has 5 rings (SSSR count). The van der Waals surface area contributed by atoms with E-state index in [1.807, 2.05) is 0 Å². The van der Waals surface area contributed by atoms with Crippen LogP contribution in [-0.4, -0.2) is 28.1 Å². The molecule has 5 aliphatic rings. The number of ketones is 1. The van der Waals surface area contributed by atoms with Crippen LogP contribution in [0.3, 0.4) is 0 Å². The maximum atomic E-state index is 14.2. The number of fused-ring (bicyclic) bond motifs is 7. The number of hydrogen-bond donors (Lipinski definition) is 2. The summed E-state index contributed by atoms with van der Waals surface area (Å²) in [6.07, 6.45) is 8.89. The Bertz CT molecular complexity index is 953. The second kappa shape index (κ2) is 7.20. The Morgan fingerprint density at radius 1 is 0.941 bits per heavy atom. The van der Waals surface area contributed by atoms with E-state index in [1.54, 1.807) is 6.92 Å². The summed E-state index contributed by atoms with van der Waals surface area (Å²) in [6, 6.07) is 0. The zero-order chi connectivity index (χ0) is 25.1. The molecule has 0 aliphatic heterocycles. The molecule has 190 valence electrons. The molecule has 0 bridgehead atoms. The molecule has 4 nitrogen and oxygen atoms in total. The maximum Gasteiger partial charge on any atom is 0.312 e. The summed E-state index contributed by atoms with van der Waals surface area (Å²) in [5.74, 6) is 0.656. The van der Waals surface area contributed by atoms with Gasteiger partial charge in [0.05, 0.1) is 11.5 Å². The average molecular weight is 471 g/mol. The van der Waals surface area contributed by atoms with Crippen molar-refractivity contribution in [2.24, 2.45) is 56.7 Å². The fourth-order valence-electron chi connectivity index (χ4n) is 10.7. The lowest BCUT2D eigenvalue weighted by Gasteiger charge is -2.70. The van der Waals surface area contributed by atoms with Crippen LogP contribution in [0.2, 0.25) is 0 Å². The lowest BCUT2D eigenvalue weighted by Crippen LogP contribution is -2.68. The highest BCUT2D eigenvalue weighted by molar-refractivity contribution is 5.96. The van der Waals surface area contributed by atoms with Crippen molar-refractivity contribution in [3.05, 3.63) is 11.6 Å². The van der Waals surface area contributed by atoms with Crippen molar-refractivity contribution in [3.8, 4) is 0 Å². The lowest BCUT2D eigenvalue weighted by molar-refractivity contribution is -0.215. The Morgan fingerprint density at radius 2 is 1.62 bits per heavy atom. The van der Waals surface area contributed by atoms with E-state index in [4.69, 9.17) is 0 Å². The quantitative estimate of drug-likeness (QED) is 0.474. The predicted molar refractivity (Wildman–Crippen MR) is 133 cm³/mol. The molecular weight excluding hydrogens is 424 g/mol. The van der Waals surface area contributed by atoms with Gasteiger partial charge >= 0.3 is 5.97 Å². The summed E-state index contributed by atoms with van der Waals surface area (Å²) in [4.78, 5) is 26.7. The van der Waals surface area contributed by atoms with Crippen molar-refractivity contribution < 1.29 is 19.8 Å². The van der Waals surface area contributed by atoms with Gasteiger partial charge in [-0.05, 0) is 110 Å². The van der Waals surface area contributed by atoms with E-state index in [-0.39, 0.29) is 33.9 Å². The lowest BCUT2D eigenvalue weighted by atomic mass is 9.33. The maximum absolute atomic E-state index is 14.2. The molecule has 2 N–H and O–H groups in total. The number of hydrogen-bond acceptors (Lipinski definition) is 3. The Morgan fingerprint density at radius 3 is 2.26 bits per heavy atom. The van der Waals surface area contributed by atoms with Gasteiger partial charge in [0, 0.05) is 5.92 Å². The van der Waals surface area contributed by atoms with Gasteiger partial charge in [-0.1, -0.05) is 47.1 Å². The van der Waals surface area contributed by atoms with Crippen molar-refractivity contribution in [1.29, 1.82) is 0 Å². The van der Waals surface area contributed by atoms with Gasteiger partial charge in [-0.2, -0.15) is 0 Å². The fourth-order valence-corrected chi connectivity index (χ4v) is 10.7. The largest absolute Gasteiger partial charge is 0.481 e. The molecule has 11 atom stereocenters. The first-order valence-electron chi connectivity index (χ1n) is 13.8. The van der Waals surface area contributed by atoms with Gasteiger partial charge in [0.2, 0.25) is 0 Å². The van der Waals surface area contributed by atoms with Crippen LogP contribution in [0.5, 0.6) is 0 Å². The van der Waals surface area contributed by atoms with Gasteiger partial charge in [-0.3, -0.25) is 9.59 Å². The van der Waals surface area contributed by atoms with Crippen LogP contribution >= 0.6 is 0 Å². The second-order valence-electron chi connectivity index (χ2n) is 14.4.